The first-order valence-corrected chi connectivity index (χ1v) is 5.34. The molecule has 0 aromatic carbocycles. The second-order valence-corrected chi connectivity index (χ2v) is 4.87. The van der Waals surface area contributed by atoms with E-state index in [-0.39, 0.29) is 6.04 Å². The largest absolute Gasteiger partial charge is 0.481 e. The van der Waals surface area contributed by atoms with Crippen LogP contribution in [0.4, 0.5) is 0 Å². The van der Waals surface area contributed by atoms with Crippen molar-refractivity contribution < 1.29 is 9.90 Å². The van der Waals surface area contributed by atoms with Crippen LogP contribution in [-0.4, -0.2) is 22.1 Å². The third kappa shape index (κ3) is 1.24. The first-order chi connectivity index (χ1) is 6.54. The minimum atomic E-state index is -0.801. The molecular formula is C9H12N2O2S. The summed E-state index contributed by atoms with van der Waals surface area (Å²) in [5.41, 5.74) is 5.52. The fourth-order valence-electron chi connectivity index (χ4n) is 1.91. The number of thiazole rings is 1. The average Bonchev–Trinajstić information content (AvgIpc) is 2.45. The van der Waals surface area contributed by atoms with Gasteiger partial charge in [-0.1, -0.05) is 0 Å². The highest BCUT2D eigenvalue weighted by molar-refractivity contribution is 7.09. The highest BCUT2D eigenvalue weighted by Gasteiger charge is 2.52. The summed E-state index contributed by atoms with van der Waals surface area (Å²) < 4.78 is 0. The molecule has 1 aromatic heterocycles. The second kappa shape index (κ2) is 3.03. The molecule has 0 aliphatic heterocycles. The van der Waals surface area contributed by atoms with Crippen LogP contribution in [0.2, 0.25) is 0 Å². The van der Waals surface area contributed by atoms with Gasteiger partial charge < -0.3 is 10.8 Å². The van der Waals surface area contributed by atoms with Crippen LogP contribution in [0.25, 0.3) is 0 Å². The lowest BCUT2D eigenvalue weighted by molar-refractivity contribution is -0.148. The number of carboxylic acid groups (broad SMARTS) is 1. The molecule has 1 fully saturated rings. The summed E-state index contributed by atoms with van der Waals surface area (Å²) in [6, 6.07) is 0.00751. The van der Waals surface area contributed by atoms with Gasteiger partial charge in [0.25, 0.3) is 0 Å². The van der Waals surface area contributed by atoms with Crippen LogP contribution >= 0.6 is 11.3 Å². The highest BCUT2D eigenvalue weighted by atomic mass is 32.1. The Morgan fingerprint density at radius 2 is 2.43 bits per heavy atom. The molecule has 3 N–H and O–H groups in total. The molecule has 0 amide bonds. The van der Waals surface area contributed by atoms with E-state index in [4.69, 9.17) is 5.73 Å². The van der Waals surface area contributed by atoms with Gasteiger partial charge in [-0.3, -0.25) is 4.79 Å². The van der Waals surface area contributed by atoms with Crippen LogP contribution in [-0.2, 0) is 10.2 Å². The van der Waals surface area contributed by atoms with Gasteiger partial charge in [0.2, 0.25) is 0 Å². The van der Waals surface area contributed by atoms with Crippen molar-refractivity contribution in [2.45, 2.75) is 31.2 Å². The Bertz CT molecular complexity index is 369. The van der Waals surface area contributed by atoms with Crippen LogP contribution in [0, 0.1) is 6.92 Å². The summed E-state index contributed by atoms with van der Waals surface area (Å²) in [7, 11) is 0. The summed E-state index contributed by atoms with van der Waals surface area (Å²) in [6.07, 6.45) is 1.01. The number of carbonyl (C=O) groups is 1. The topological polar surface area (TPSA) is 76.2 Å². The van der Waals surface area contributed by atoms with Crippen molar-refractivity contribution in [3.63, 3.8) is 0 Å². The number of hydrogen-bond donors (Lipinski definition) is 2. The Kier molecular flexibility index (Phi) is 2.08. The summed E-state index contributed by atoms with van der Waals surface area (Å²) in [6.45, 7) is 1.88. The predicted molar refractivity (Wildman–Crippen MR) is 53.4 cm³/mol. The van der Waals surface area contributed by atoms with E-state index in [2.05, 4.69) is 4.98 Å². The molecule has 0 spiro atoms. The Balaban J connectivity index is 2.34. The molecule has 0 bridgehead atoms. The number of rotatable bonds is 2. The van der Waals surface area contributed by atoms with Crippen molar-refractivity contribution in [1.29, 1.82) is 0 Å². The summed E-state index contributed by atoms with van der Waals surface area (Å²) in [5, 5.41) is 11.9. The molecule has 1 heterocycles. The molecule has 5 heteroatoms. The quantitative estimate of drug-likeness (QED) is 0.763. The molecule has 0 unspecified atom stereocenters. The first kappa shape index (κ1) is 9.61. The smallest absolute Gasteiger partial charge is 0.315 e. The van der Waals surface area contributed by atoms with E-state index in [1.165, 1.54) is 11.3 Å². The number of aryl methyl sites for hydroxylation is 1. The van der Waals surface area contributed by atoms with Gasteiger partial charge in [0.1, 0.15) is 5.41 Å². The normalized spacial score (nSPS) is 31.1. The molecule has 1 aromatic rings. The SMILES string of the molecule is Cc1nc(C2(C(=O)O)CC(N)C2)cs1. The molecule has 14 heavy (non-hydrogen) atoms. The number of nitrogens with zero attached hydrogens (tertiary/aromatic N) is 1. The number of aliphatic carboxylic acids is 1. The summed E-state index contributed by atoms with van der Waals surface area (Å²) in [4.78, 5) is 15.4. The minimum absolute atomic E-state index is 0.00751. The third-order valence-electron chi connectivity index (χ3n) is 2.74. The molecule has 2 rings (SSSR count). The van der Waals surface area contributed by atoms with E-state index in [1.54, 1.807) is 0 Å². The lowest BCUT2D eigenvalue weighted by atomic mass is 9.64. The lowest BCUT2D eigenvalue weighted by Gasteiger charge is -2.41. The maximum Gasteiger partial charge on any atom is 0.315 e. The van der Waals surface area contributed by atoms with Crippen LogP contribution < -0.4 is 5.73 Å². The van der Waals surface area contributed by atoms with Crippen molar-refractivity contribution in [3.05, 3.63) is 16.1 Å². The van der Waals surface area contributed by atoms with Gasteiger partial charge in [0.15, 0.2) is 0 Å². The van der Waals surface area contributed by atoms with Crippen LogP contribution in [0.5, 0.6) is 0 Å². The van der Waals surface area contributed by atoms with Gasteiger partial charge >= 0.3 is 5.97 Å². The molecule has 1 aliphatic carbocycles. The molecule has 4 nitrogen and oxygen atoms in total. The minimum Gasteiger partial charge on any atom is -0.481 e. The van der Waals surface area contributed by atoms with E-state index < -0.39 is 11.4 Å². The third-order valence-corrected chi connectivity index (χ3v) is 3.51. The molecule has 0 radical (unpaired) electrons. The van der Waals surface area contributed by atoms with Gasteiger partial charge in [-0.15, -0.1) is 11.3 Å². The fraction of sp³-hybridized carbons (Fsp3) is 0.556. The Hall–Kier alpha value is -0.940. The highest BCUT2D eigenvalue weighted by Crippen LogP contribution is 2.43. The molecule has 0 saturated heterocycles. The van der Waals surface area contributed by atoms with Gasteiger partial charge in [0.05, 0.1) is 10.7 Å². The van der Waals surface area contributed by atoms with E-state index in [1.807, 2.05) is 12.3 Å². The molecule has 0 atom stereocenters. The molecule has 76 valence electrons. The summed E-state index contributed by atoms with van der Waals surface area (Å²) >= 11 is 1.48. The van der Waals surface area contributed by atoms with Gasteiger partial charge in [-0.05, 0) is 19.8 Å². The van der Waals surface area contributed by atoms with Crippen molar-refractivity contribution >= 4 is 17.3 Å². The van der Waals surface area contributed by atoms with E-state index >= 15 is 0 Å². The summed E-state index contributed by atoms with van der Waals surface area (Å²) in [5.74, 6) is -0.801. The fourth-order valence-corrected chi connectivity index (χ4v) is 2.62. The van der Waals surface area contributed by atoms with Crippen LogP contribution in [0.1, 0.15) is 23.5 Å². The van der Waals surface area contributed by atoms with E-state index in [9.17, 15) is 9.90 Å². The predicted octanol–water partition coefficient (Wildman–Crippen LogP) is 0.895. The number of hydrogen-bond acceptors (Lipinski definition) is 4. The van der Waals surface area contributed by atoms with Crippen molar-refractivity contribution in [1.82, 2.24) is 4.98 Å². The Labute approximate surface area is 85.8 Å². The van der Waals surface area contributed by atoms with Crippen LogP contribution in [0.15, 0.2) is 5.38 Å². The van der Waals surface area contributed by atoms with E-state index in [0.29, 0.717) is 18.5 Å². The molecular weight excluding hydrogens is 200 g/mol. The standard InChI is InChI=1S/C9H12N2O2S/c1-5-11-7(4-14-5)9(8(12)13)2-6(10)3-9/h4,6H,2-3,10H2,1H3,(H,12,13). The maximum absolute atomic E-state index is 11.2. The van der Waals surface area contributed by atoms with Crippen molar-refractivity contribution in [2.24, 2.45) is 5.73 Å². The number of carboxylic acids is 1. The lowest BCUT2D eigenvalue weighted by Crippen LogP contribution is -2.54. The zero-order valence-electron chi connectivity index (χ0n) is 7.86. The zero-order chi connectivity index (χ0) is 10.3. The maximum atomic E-state index is 11.2. The van der Waals surface area contributed by atoms with Crippen molar-refractivity contribution in [2.75, 3.05) is 0 Å². The van der Waals surface area contributed by atoms with Gasteiger partial charge in [-0.25, -0.2) is 4.98 Å². The Morgan fingerprint density at radius 1 is 1.79 bits per heavy atom. The molecule has 1 aliphatic rings. The van der Waals surface area contributed by atoms with E-state index in [0.717, 1.165) is 5.01 Å². The monoisotopic (exact) mass is 212 g/mol. The van der Waals surface area contributed by atoms with Gasteiger partial charge in [0, 0.05) is 11.4 Å². The number of nitrogens with two attached hydrogens (primary N) is 1. The van der Waals surface area contributed by atoms with Crippen molar-refractivity contribution in [3.8, 4) is 0 Å². The number of aromatic nitrogens is 1. The van der Waals surface area contributed by atoms with Crippen LogP contribution in [0.3, 0.4) is 0 Å². The molecule has 1 saturated carbocycles. The average molecular weight is 212 g/mol. The first-order valence-electron chi connectivity index (χ1n) is 4.46. The Morgan fingerprint density at radius 3 is 2.79 bits per heavy atom. The zero-order valence-corrected chi connectivity index (χ0v) is 8.67. The van der Waals surface area contributed by atoms with Gasteiger partial charge in [-0.2, -0.15) is 0 Å². The second-order valence-electron chi connectivity index (χ2n) is 3.81.